The minimum absolute atomic E-state index is 0.278. The summed E-state index contributed by atoms with van der Waals surface area (Å²) in [6, 6.07) is 17.9. The van der Waals surface area contributed by atoms with Gasteiger partial charge in [-0.1, -0.05) is 30.3 Å². The molecule has 3 rings (SSSR count). The van der Waals surface area contributed by atoms with E-state index in [1.54, 1.807) is 7.11 Å². The number of carbonyl (C=O) groups excluding carboxylic acids is 1. The van der Waals surface area contributed by atoms with Crippen LogP contribution in [0.25, 0.3) is 10.9 Å². The Labute approximate surface area is 141 Å². The van der Waals surface area contributed by atoms with Crippen LogP contribution in [0.4, 0.5) is 0 Å². The lowest BCUT2D eigenvalue weighted by atomic mass is 10.1. The van der Waals surface area contributed by atoms with Crippen LogP contribution in [0.2, 0.25) is 0 Å². The normalized spacial score (nSPS) is 10.8. The van der Waals surface area contributed by atoms with Crippen LogP contribution in [0.1, 0.15) is 23.0 Å². The van der Waals surface area contributed by atoms with Crippen molar-refractivity contribution in [3.8, 4) is 5.75 Å². The first kappa shape index (κ1) is 16.1. The highest BCUT2D eigenvalue weighted by molar-refractivity contribution is 5.95. The van der Waals surface area contributed by atoms with Crippen LogP contribution in [0.15, 0.2) is 54.6 Å². The standard InChI is InChI=1S/C20H21NO3/c1-3-24-20(22)19-14-16-8-4-5-10-18(16)21(19)12-11-15-7-6-9-17(13-15)23-2/h4-10,13-14H,3,11-12H2,1-2H3. The third-order valence-corrected chi connectivity index (χ3v) is 4.05. The van der Waals surface area contributed by atoms with Crippen LogP contribution in [0.5, 0.6) is 5.75 Å². The van der Waals surface area contributed by atoms with Gasteiger partial charge in [0.15, 0.2) is 0 Å². The number of hydrogen-bond acceptors (Lipinski definition) is 3. The maximum atomic E-state index is 12.3. The van der Waals surface area contributed by atoms with E-state index in [-0.39, 0.29) is 5.97 Å². The zero-order valence-electron chi connectivity index (χ0n) is 14.0. The minimum Gasteiger partial charge on any atom is -0.497 e. The number of methoxy groups -OCH3 is 1. The molecular formula is C20H21NO3. The maximum Gasteiger partial charge on any atom is 0.354 e. The Morgan fingerprint density at radius 1 is 1.08 bits per heavy atom. The number of nitrogens with zero attached hydrogens (tertiary/aromatic N) is 1. The van der Waals surface area contributed by atoms with Gasteiger partial charge in [-0.3, -0.25) is 0 Å². The van der Waals surface area contributed by atoms with Crippen molar-refractivity contribution >= 4 is 16.9 Å². The Morgan fingerprint density at radius 3 is 2.71 bits per heavy atom. The van der Waals surface area contributed by atoms with Crippen molar-refractivity contribution in [3.05, 3.63) is 65.9 Å². The fourth-order valence-corrected chi connectivity index (χ4v) is 2.89. The van der Waals surface area contributed by atoms with E-state index in [9.17, 15) is 4.79 Å². The van der Waals surface area contributed by atoms with E-state index in [1.165, 1.54) is 5.56 Å². The zero-order chi connectivity index (χ0) is 16.9. The summed E-state index contributed by atoms with van der Waals surface area (Å²) in [6.45, 7) is 2.90. The second-order valence-corrected chi connectivity index (χ2v) is 5.56. The molecule has 0 atom stereocenters. The summed E-state index contributed by atoms with van der Waals surface area (Å²) in [6.07, 6.45) is 0.808. The molecule has 0 amide bonds. The number of aryl methyl sites for hydroxylation is 2. The molecule has 2 aromatic carbocycles. The number of aromatic nitrogens is 1. The third kappa shape index (κ3) is 3.27. The lowest BCUT2D eigenvalue weighted by molar-refractivity contribution is 0.0514. The highest BCUT2D eigenvalue weighted by atomic mass is 16.5. The van der Waals surface area contributed by atoms with Crippen molar-refractivity contribution in [3.63, 3.8) is 0 Å². The highest BCUT2D eigenvalue weighted by Crippen LogP contribution is 2.22. The SMILES string of the molecule is CCOC(=O)c1cc2ccccc2n1CCc1cccc(OC)c1. The molecule has 3 aromatic rings. The number of hydrogen-bond donors (Lipinski definition) is 0. The first-order valence-corrected chi connectivity index (χ1v) is 8.11. The first-order chi connectivity index (χ1) is 11.7. The Kier molecular flexibility index (Phi) is 4.85. The molecule has 24 heavy (non-hydrogen) atoms. The van der Waals surface area contributed by atoms with E-state index < -0.39 is 0 Å². The summed E-state index contributed by atoms with van der Waals surface area (Å²) in [7, 11) is 1.66. The molecule has 0 unspecified atom stereocenters. The molecule has 0 saturated carbocycles. The Morgan fingerprint density at radius 2 is 1.92 bits per heavy atom. The molecule has 0 aliphatic carbocycles. The van der Waals surface area contributed by atoms with Crippen molar-refractivity contribution in [1.82, 2.24) is 4.57 Å². The maximum absolute atomic E-state index is 12.3. The van der Waals surface area contributed by atoms with Gasteiger partial charge in [0.05, 0.1) is 13.7 Å². The van der Waals surface area contributed by atoms with E-state index in [0.717, 1.165) is 23.1 Å². The highest BCUT2D eigenvalue weighted by Gasteiger charge is 2.16. The van der Waals surface area contributed by atoms with Crippen LogP contribution >= 0.6 is 0 Å². The van der Waals surface area contributed by atoms with E-state index in [4.69, 9.17) is 9.47 Å². The van der Waals surface area contributed by atoms with Gasteiger partial charge >= 0.3 is 5.97 Å². The molecule has 0 spiro atoms. The van der Waals surface area contributed by atoms with Crippen LogP contribution in [-0.4, -0.2) is 24.3 Å². The van der Waals surface area contributed by atoms with Gasteiger partial charge in [-0.25, -0.2) is 4.79 Å². The number of ether oxygens (including phenoxy) is 2. The molecule has 0 aliphatic rings. The number of benzene rings is 2. The number of carbonyl (C=O) groups is 1. The Balaban J connectivity index is 1.91. The predicted molar refractivity (Wildman–Crippen MR) is 94.6 cm³/mol. The van der Waals surface area contributed by atoms with Gasteiger partial charge in [0, 0.05) is 17.4 Å². The number of fused-ring (bicyclic) bond motifs is 1. The summed E-state index contributed by atoms with van der Waals surface area (Å²) in [4.78, 5) is 12.3. The molecule has 4 nitrogen and oxygen atoms in total. The van der Waals surface area contributed by atoms with Gasteiger partial charge in [-0.15, -0.1) is 0 Å². The van der Waals surface area contributed by atoms with Gasteiger partial charge in [0.1, 0.15) is 11.4 Å². The molecule has 1 aromatic heterocycles. The Hall–Kier alpha value is -2.75. The summed E-state index contributed by atoms with van der Waals surface area (Å²) in [5, 5.41) is 1.05. The lowest BCUT2D eigenvalue weighted by Crippen LogP contribution is -2.13. The fourth-order valence-electron chi connectivity index (χ4n) is 2.89. The van der Waals surface area contributed by atoms with Crippen molar-refractivity contribution < 1.29 is 14.3 Å². The molecular weight excluding hydrogens is 302 g/mol. The Bertz CT molecular complexity index is 851. The largest absolute Gasteiger partial charge is 0.497 e. The summed E-state index contributed by atoms with van der Waals surface area (Å²) in [5.74, 6) is 0.565. The second kappa shape index (κ2) is 7.21. The number of esters is 1. The van der Waals surface area contributed by atoms with Gasteiger partial charge in [0.25, 0.3) is 0 Å². The molecule has 0 radical (unpaired) electrons. The quantitative estimate of drug-likeness (QED) is 0.642. The molecule has 1 heterocycles. The van der Waals surface area contributed by atoms with Gasteiger partial charge in [0.2, 0.25) is 0 Å². The van der Waals surface area contributed by atoms with Crippen molar-refractivity contribution in [1.29, 1.82) is 0 Å². The smallest absolute Gasteiger partial charge is 0.354 e. The molecule has 4 heteroatoms. The summed E-state index contributed by atoms with van der Waals surface area (Å²) >= 11 is 0. The lowest BCUT2D eigenvalue weighted by Gasteiger charge is -2.11. The van der Waals surface area contributed by atoms with Gasteiger partial charge in [-0.2, -0.15) is 0 Å². The average Bonchev–Trinajstić information content (AvgIpc) is 2.99. The van der Waals surface area contributed by atoms with E-state index in [2.05, 4.69) is 6.07 Å². The molecule has 0 N–H and O–H groups in total. The van der Waals surface area contributed by atoms with Gasteiger partial charge in [-0.05, 0) is 43.2 Å². The molecule has 0 aliphatic heterocycles. The number of para-hydroxylation sites is 1. The molecule has 124 valence electrons. The molecule has 0 fully saturated rings. The molecule has 0 bridgehead atoms. The van der Waals surface area contributed by atoms with Crippen molar-refractivity contribution in [2.75, 3.05) is 13.7 Å². The fraction of sp³-hybridized carbons (Fsp3) is 0.250. The van der Waals surface area contributed by atoms with E-state index in [1.807, 2.05) is 60.0 Å². The van der Waals surface area contributed by atoms with E-state index >= 15 is 0 Å². The van der Waals surface area contributed by atoms with Crippen LogP contribution < -0.4 is 4.74 Å². The van der Waals surface area contributed by atoms with Crippen molar-refractivity contribution in [2.24, 2.45) is 0 Å². The predicted octanol–water partition coefficient (Wildman–Crippen LogP) is 4.07. The first-order valence-electron chi connectivity index (χ1n) is 8.11. The zero-order valence-corrected chi connectivity index (χ0v) is 14.0. The van der Waals surface area contributed by atoms with Crippen LogP contribution in [0.3, 0.4) is 0 Å². The van der Waals surface area contributed by atoms with Crippen LogP contribution in [-0.2, 0) is 17.7 Å². The van der Waals surface area contributed by atoms with E-state index in [0.29, 0.717) is 18.8 Å². The minimum atomic E-state index is -0.278. The van der Waals surface area contributed by atoms with Gasteiger partial charge < -0.3 is 14.0 Å². The van der Waals surface area contributed by atoms with Crippen LogP contribution in [0, 0.1) is 0 Å². The summed E-state index contributed by atoms with van der Waals surface area (Å²) in [5.41, 5.74) is 2.81. The van der Waals surface area contributed by atoms with Crippen molar-refractivity contribution in [2.45, 2.75) is 19.9 Å². The monoisotopic (exact) mass is 323 g/mol. The third-order valence-electron chi connectivity index (χ3n) is 4.05. The summed E-state index contributed by atoms with van der Waals surface area (Å²) < 4.78 is 12.5. The average molecular weight is 323 g/mol. The second-order valence-electron chi connectivity index (χ2n) is 5.56. The number of rotatable bonds is 6. The topological polar surface area (TPSA) is 40.5 Å². The molecule has 0 saturated heterocycles.